The van der Waals surface area contributed by atoms with Crippen molar-refractivity contribution in [2.24, 2.45) is 17.8 Å². The lowest BCUT2D eigenvalue weighted by atomic mass is 9.82. The van der Waals surface area contributed by atoms with Gasteiger partial charge in [-0.3, -0.25) is 29.3 Å². The summed E-state index contributed by atoms with van der Waals surface area (Å²) < 4.78 is 37.1. The maximum absolute atomic E-state index is 14.4. The number of alkyl carbamates (subject to hydrolysis) is 1. The standard InChI is InChI=1S/C59H82ClN7O15/c1-11-64(7)35-43-31-41-16-13-21-61-54(41)67(43)23-19-44(68)32-42(17-18-51(71)72)55(73)62-22-25-79-27-26-78-24-20-49(69)65(8)39(5)56(74)81-48-33-50(70)66(9)45-29-40(30-46(77-10)52(45)60)28-36(2)14-12-15-37(3)59(76)34-47(80-57(75)63-59)38(4)53-58(48,6)82-53/h12-16,21,29-31,37-39,42,47-48,53,76H,11,17-20,22-28,32-35H2,1-10H3,(H,62,73)(H,63,75)(H,71,72)/b15-12+,36-14+/t37-,38-,39+,42-,47+,48+,53+,58-,59+/m1/s1. The Kier molecular flexibility index (Phi) is 23.1. The number of epoxide rings is 1. The van der Waals surface area contributed by atoms with Gasteiger partial charge in [-0.05, 0) is 83.1 Å². The largest absolute Gasteiger partial charge is 0.495 e. The molecule has 1 aromatic carbocycles. The molecule has 4 N–H and O–H groups in total. The zero-order valence-electron chi connectivity index (χ0n) is 48.9. The van der Waals surface area contributed by atoms with Gasteiger partial charge < -0.3 is 63.2 Å². The first-order valence-corrected chi connectivity index (χ1v) is 28.4. The molecule has 82 heavy (non-hydrogen) atoms. The second kappa shape index (κ2) is 29.2. The molecule has 22 nitrogen and oxygen atoms in total. The monoisotopic (exact) mass is 1160 g/mol. The molecule has 23 heteroatoms. The van der Waals surface area contributed by atoms with Crippen molar-refractivity contribution in [1.82, 2.24) is 30.0 Å². The number of carboxylic acid groups (broad SMARTS) is 1. The van der Waals surface area contributed by atoms with Crippen LogP contribution in [-0.2, 0) is 72.0 Å². The second-order valence-corrected chi connectivity index (χ2v) is 22.3. The van der Waals surface area contributed by atoms with Crippen molar-refractivity contribution < 1.29 is 72.2 Å². The quantitative estimate of drug-likeness (QED) is 0.0430. The van der Waals surface area contributed by atoms with Crippen LogP contribution in [0, 0.1) is 17.8 Å². The maximum Gasteiger partial charge on any atom is 0.409 e. The Bertz CT molecular complexity index is 2840. The molecule has 0 spiro atoms. The van der Waals surface area contributed by atoms with Gasteiger partial charge in [-0.2, -0.15) is 0 Å². The lowest BCUT2D eigenvalue weighted by Crippen LogP contribution is -2.60. The van der Waals surface area contributed by atoms with Crippen LogP contribution in [0.5, 0.6) is 5.75 Å². The molecule has 3 aliphatic rings. The predicted molar refractivity (Wildman–Crippen MR) is 305 cm³/mol. The Labute approximate surface area is 484 Å². The van der Waals surface area contributed by atoms with Crippen LogP contribution in [0.2, 0.25) is 5.02 Å². The van der Waals surface area contributed by atoms with Crippen LogP contribution >= 0.6 is 11.6 Å². The van der Waals surface area contributed by atoms with Crippen molar-refractivity contribution in [2.75, 3.05) is 72.7 Å². The molecule has 4 bridgehead atoms. The van der Waals surface area contributed by atoms with E-state index in [-0.39, 0.29) is 88.7 Å². The minimum absolute atomic E-state index is 0.00459. The molecule has 0 aliphatic carbocycles. The number of hydrogen-bond donors (Lipinski definition) is 4. The van der Waals surface area contributed by atoms with Crippen LogP contribution in [0.1, 0.15) is 97.7 Å². The summed E-state index contributed by atoms with van der Waals surface area (Å²) in [6, 6.07) is 8.35. The Hall–Kier alpha value is -6.43. The molecule has 450 valence electrons. The third-order valence-corrected chi connectivity index (χ3v) is 16.3. The van der Waals surface area contributed by atoms with Crippen molar-refractivity contribution in [3.05, 3.63) is 76.6 Å². The molecule has 2 fully saturated rings. The molecule has 4 amide bonds. The predicted octanol–water partition coefficient (Wildman–Crippen LogP) is 6.01. The Morgan fingerprint density at radius 3 is 2.49 bits per heavy atom. The van der Waals surface area contributed by atoms with E-state index < -0.39 is 89.2 Å². The van der Waals surface area contributed by atoms with E-state index in [0.29, 0.717) is 30.9 Å². The summed E-state index contributed by atoms with van der Waals surface area (Å²) >= 11 is 6.82. The van der Waals surface area contributed by atoms with E-state index in [4.69, 9.17) is 40.0 Å². The third kappa shape index (κ3) is 16.9. The van der Waals surface area contributed by atoms with Gasteiger partial charge in [0.05, 0.1) is 58.2 Å². The highest BCUT2D eigenvalue weighted by Gasteiger charge is 2.64. The van der Waals surface area contributed by atoms with Gasteiger partial charge in [0.1, 0.15) is 51.8 Å². The number of Topliss-reactive ketones (excluding diaryl/α,β-unsaturated/α-hetero) is 1. The number of fused-ring (bicyclic) bond motifs is 6. The van der Waals surface area contributed by atoms with E-state index in [1.54, 1.807) is 52.2 Å². The minimum Gasteiger partial charge on any atom is -0.495 e. The number of aromatic nitrogens is 2. The molecule has 0 saturated carbocycles. The van der Waals surface area contributed by atoms with Crippen molar-refractivity contribution in [2.45, 2.75) is 142 Å². The highest BCUT2D eigenvalue weighted by atomic mass is 35.5. The molecule has 3 aliphatic heterocycles. The summed E-state index contributed by atoms with van der Waals surface area (Å²) in [4.78, 5) is 102. The summed E-state index contributed by atoms with van der Waals surface area (Å²) in [5.74, 6) is -4.98. The molecule has 6 rings (SSSR count). The van der Waals surface area contributed by atoms with Gasteiger partial charge in [0.15, 0.2) is 0 Å². The molecule has 9 atom stereocenters. The number of nitrogens with one attached hydrogen (secondary N) is 2. The van der Waals surface area contributed by atoms with Crippen LogP contribution in [0.25, 0.3) is 11.0 Å². The average molecular weight is 1160 g/mol. The van der Waals surface area contributed by atoms with E-state index >= 15 is 0 Å². The number of carbonyl (C=O) groups excluding carboxylic acids is 6. The van der Waals surface area contributed by atoms with E-state index in [9.17, 15) is 43.8 Å². The number of carbonyl (C=O) groups is 7. The first kappa shape index (κ1) is 64.7. The number of allylic oxidation sites excluding steroid dienone is 3. The summed E-state index contributed by atoms with van der Waals surface area (Å²) in [6.07, 6.45) is 3.43. The first-order valence-electron chi connectivity index (χ1n) is 28.0. The molecule has 2 aromatic heterocycles. The molecular weight excluding hydrogens is 1080 g/mol. The SMILES string of the molecule is CCN(C)Cc1cc2cccnc2n1CCC(=O)C[C@@H](CCC(=O)O)C(=O)NCCOCCOCCC(=O)N(C)[C@@H](C)C(=O)O[C@H]1CC(=O)N(C)c2cc(cc(OC)c2Cl)C/C(C)=C/C=C/[C@@H](C)[C@@]2(O)C[C@H](OC(=O)N2)[C@@H](C)[C@@H]2O[C@]12C. The maximum atomic E-state index is 14.4. The van der Waals surface area contributed by atoms with Gasteiger partial charge in [0.25, 0.3) is 0 Å². The number of hydrogen-bond acceptors (Lipinski definition) is 16. The second-order valence-electron chi connectivity index (χ2n) is 22.0. The van der Waals surface area contributed by atoms with Crippen LogP contribution in [0.15, 0.2) is 60.3 Å². The van der Waals surface area contributed by atoms with Gasteiger partial charge in [0.2, 0.25) is 17.7 Å². The number of anilines is 1. The van der Waals surface area contributed by atoms with Gasteiger partial charge >= 0.3 is 18.0 Å². The van der Waals surface area contributed by atoms with Crippen molar-refractivity contribution in [3.63, 3.8) is 0 Å². The number of aryl methyl sites for hydroxylation is 1. The molecule has 0 unspecified atom stereocenters. The lowest BCUT2D eigenvalue weighted by Gasteiger charge is -2.41. The zero-order valence-corrected chi connectivity index (χ0v) is 49.6. The van der Waals surface area contributed by atoms with E-state index in [1.165, 1.54) is 30.9 Å². The summed E-state index contributed by atoms with van der Waals surface area (Å²) in [7, 11) is 6.49. The van der Waals surface area contributed by atoms with Crippen LogP contribution in [0.4, 0.5) is 10.5 Å². The Balaban J connectivity index is 0.994. The molecule has 0 radical (unpaired) electrons. The number of pyridine rings is 1. The number of rotatable bonds is 25. The fourth-order valence-corrected chi connectivity index (χ4v) is 10.6. The number of ketones is 1. The smallest absolute Gasteiger partial charge is 0.409 e. The number of amides is 4. The molecule has 3 aromatic rings. The number of aliphatic hydroxyl groups is 1. The fourth-order valence-electron chi connectivity index (χ4n) is 10.3. The number of esters is 1. The highest BCUT2D eigenvalue weighted by molar-refractivity contribution is 6.35. The lowest BCUT2D eigenvalue weighted by molar-refractivity contribution is -0.162. The molecular formula is C59H82ClN7O15. The number of nitrogens with zero attached hydrogens (tertiary/aromatic N) is 5. The number of benzene rings is 1. The number of aliphatic carboxylic acids is 1. The first-order chi connectivity index (χ1) is 38.9. The number of carboxylic acids is 1. The van der Waals surface area contributed by atoms with Crippen molar-refractivity contribution >= 4 is 69.9 Å². The zero-order chi connectivity index (χ0) is 60.1. The summed E-state index contributed by atoms with van der Waals surface area (Å²) in [5.41, 5.74) is 0.935. The topological polar surface area (TPSA) is 270 Å². The summed E-state index contributed by atoms with van der Waals surface area (Å²) in [6.45, 7) is 13.1. The fraction of sp³-hybridized carbons (Fsp3) is 0.593. The number of likely N-dealkylation sites (N-methyl/N-ethyl adjacent to an activating group) is 1. The Morgan fingerprint density at radius 1 is 1.05 bits per heavy atom. The van der Waals surface area contributed by atoms with Gasteiger partial charge in [-0.1, -0.05) is 56.2 Å². The number of ether oxygens (including phenoxy) is 6. The molecule has 2 saturated heterocycles. The van der Waals surface area contributed by atoms with Crippen LogP contribution in [-0.4, -0.2) is 175 Å². The Morgan fingerprint density at radius 2 is 1.78 bits per heavy atom. The van der Waals surface area contributed by atoms with Crippen LogP contribution in [0.3, 0.4) is 0 Å². The van der Waals surface area contributed by atoms with E-state index in [1.807, 2.05) is 42.8 Å². The van der Waals surface area contributed by atoms with Gasteiger partial charge in [-0.25, -0.2) is 14.6 Å². The normalized spacial score (nSPS) is 24.7. The van der Waals surface area contributed by atoms with Crippen molar-refractivity contribution in [3.8, 4) is 5.75 Å². The summed E-state index contributed by atoms with van der Waals surface area (Å²) in [5, 5.41) is 27.7. The third-order valence-electron chi connectivity index (χ3n) is 15.9. The minimum atomic E-state index is -1.67. The highest BCUT2D eigenvalue weighted by Crippen LogP contribution is 2.49. The van der Waals surface area contributed by atoms with Crippen LogP contribution < -0.4 is 20.3 Å². The number of methoxy groups -OCH3 is 1. The number of halogens is 1. The van der Waals surface area contributed by atoms with E-state index in [0.717, 1.165) is 34.4 Å². The van der Waals surface area contributed by atoms with Gasteiger partial charge in [-0.15, -0.1) is 0 Å². The van der Waals surface area contributed by atoms with Gasteiger partial charge in [0, 0.05) is 94.4 Å². The molecule has 5 heterocycles. The average Bonchev–Trinajstić information content (AvgIpc) is 2.97. The van der Waals surface area contributed by atoms with Crippen molar-refractivity contribution in [1.29, 1.82) is 0 Å². The van der Waals surface area contributed by atoms with E-state index in [2.05, 4.69) is 33.5 Å².